The molecule has 4 nitrogen and oxygen atoms in total. The van der Waals surface area contributed by atoms with Crippen molar-refractivity contribution in [1.82, 2.24) is 9.78 Å². The maximum absolute atomic E-state index is 6.09. The average Bonchev–Trinajstić information content (AvgIpc) is 2.84. The van der Waals surface area contributed by atoms with E-state index in [1.54, 1.807) is 16.0 Å². The normalized spacial score (nSPS) is 10.8. The minimum absolute atomic E-state index is 0.715. The molecular formula is C12H17ClN4S. The Morgan fingerprint density at radius 2 is 2.28 bits per heavy atom. The molecule has 0 amide bonds. The lowest BCUT2D eigenvalue weighted by atomic mass is 10.2. The van der Waals surface area contributed by atoms with E-state index in [0.717, 1.165) is 34.4 Å². The van der Waals surface area contributed by atoms with Crippen LogP contribution in [0.15, 0.2) is 12.1 Å². The predicted octanol–water partition coefficient (Wildman–Crippen LogP) is 3.28. The third kappa shape index (κ3) is 2.79. The topological polar surface area (TPSA) is 55.9 Å². The Hall–Kier alpha value is -1.20. The fraction of sp³-hybridized carbons (Fsp3) is 0.417. The Labute approximate surface area is 116 Å². The number of halogens is 1. The first-order valence-corrected chi connectivity index (χ1v) is 7.10. The smallest absolute Gasteiger partial charge is 0.148 e. The highest BCUT2D eigenvalue weighted by molar-refractivity contribution is 7.16. The number of nitrogens with one attached hydrogen (secondary N) is 1. The van der Waals surface area contributed by atoms with Gasteiger partial charge in [-0.25, -0.2) is 0 Å². The number of nitrogens with two attached hydrogens (primary N) is 1. The third-order valence-corrected chi connectivity index (χ3v) is 3.94. The van der Waals surface area contributed by atoms with E-state index in [0.29, 0.717) is 6.54 Å². The molecule has 0 spiro atoms. The fourth-order valence-corrected chi connectivity index (χ4v) is 2.87. The highest BCUT2D eigenvalue weighted by Gasteiger charge is 2.12. The Bertz CT molecular complexity index is 532. The molecule has 3 N–H and O–H groups in total. The van der Waals surface area contributed by atoms with Crippen molar-refractivity contribution in [3.8, 4) is 0 Å². The van der Waals surface area contributed by atoms with Gasteiger partial charge >= 0.3 is 0 Å². The van der Waals surface area contributed by atoms with Gasteiger partial charge in [0.2, 0.25) is 0 Å². The van der Waals surface area contributed by atoms with Gasteiger partial charge in [-0.15, -0.1) is 11.3 Å². The highest BCUT2D eigenvalue weighted by atomic mass is 35.5. The largest absolute Gasteiger partial charge is 0.394 e. The molecule has 0 saturated carbocycles. The zero-order chi connectivity index (χ0) is 13.1. The van der Waals surface area contributed by atoms with Crippen LogP contribution in [0.3, 0.4) is 0 Å². The second-order valence-corrected chi connectivity index (χ2v) is 5.94. The molecule has 0 atom stereocenters. The molecule has 0 aliphatic carbocycles. The second-order valence-electron chi connectivity index (χ2n) is 4.14. The van der Waals surface area contributed by atoms with Gasteiger partial charge in [-0.3, -0.25) is 4.68 Å². The van der Waals surface area contributed by atoms with Crippen LogP contribution in [0, 0.1) is 0 Å². The molecule has 18 heavy (non-hydrogen) atoms. The summed E-state index contributed by atoms with van der Waals surface area (Å²) < 4.78 is 2.60. The lowest BCUT2D eigenvalue weighted by molar-refractivity contribution is 0.735. The van der Waals surface area contributed by atoms with E-state index in [1.165, 1.54) is 4.88 Å². The molecule has 0 radical (unpaired) electrons. The summed E-state index contributed by atoms with van der Waals surface area (Å²) in [6, 6.07) is 3.91. The van der Waals surface area contributed by atoms with Crippen LogP contribution in [-0.4, -0.2) is 9.78 Å². The van der Waals surface area contributed by atoms with Gasteiger partial charge in [0, 0.05) is 11.9 Å². The molecule has 0 unspecified atom stereocenters. The number of hydrogen-bond donors (Lipinski definition) is 2. The first-order valence-electron chi connectivity index (χ1n) is 5.91. The van der Waals surface area contributed by atoms with Gasteiger partial charge in [-0.1, -0.05) is 24.9 Å². The molecule has 0 aliphatic heterocycles. The Morgan fingerprint density at radius 1 is 1.50 bits per heavy atom. The highest BCUT2D eigenvalue weighted by Crippen LogP contribution is 2.26. The average molecular weight is 285 g/mol. The molecule has 2 rings (SSSR count). The van der Waals surface area contributed by atoms with Crippen molar-refractivity contribution in [3.63, 3.8) is 0 Å². The van der Waals surface area contributed by atoms with Crippen LogP contribution < -0.4 is 11.1 Å². The van der Waals surface area contributed by atoms with Crippen LogP contribution in [0.1, 0.15) is 23.9 Å². The van der Waals surface area contributed by atoms with Gasteiger partial charge in [-0.05, 0) is 18.6 Å². The van der Waals surface area contributed by atoms with E-state index in [1.807, 2.05) is 19.2 Å². The lowest BCUT2D eigenvalue weighted by Crippen LogP contribution is -2.05. The number of rotatable bonds is 5. The van der Waals surface area contributed by atoms with Crippen molar-refractivity contribution < 1.29 is 0 Å². The number of thiophene rings is 1. The SMILES string of the molecule is CCCc1nn(C)c(NCc2ccc(Cl)s2)c1N. The maximum Gasteiger partial charge on any atom is 0.148 e. The van der Waals surface area contributed by atoms with E-state index in [-0.39, 0.29) is 0 Å². The number of nitrogens with zero attached hydrogens (tertiary/aromatic N) is 2. The van der Waals surface area contributed by atoms with Crippen molar-refractivity contribution >= 4 is 34.4 Å². The minimum Gasteiger partial charge on any atom is -0.394 e. The van der Waals surface area contributed by atoms with E-state index in [2.05, 4.69) is 17.3 Å². The Morgan fingerprint density at radius 3 is 2.89 bits per heavy atom. The molecule has 6 heteroatoms. The third-order valence-electron chi connectivity index (χ3n) is 2.71. The summed E-state index contributed by atoms with van der Waals surface area (Å²) in [6.07, 6.45) is 1.95. The van der Waals surface area contributed by atoms with E-state index >= 15 is 0 Å². The number of anilines is 2. The molecule has 0 aromatic carbocycles. The summed E-state index contributed by atoms with van der Waals surface area (Å²) in [4.78, 5) is 1.18. The predicted molar refractivity (Wildman–Crippen MR) is 78.3 cm³/mol. The molecule has 0 aliphatic rings. The molecule has 0 bridgehead atoms. The van der Waals surface area contributed by atoms with Crippen LogP contribution in [0.25, 0.3) is 0 Å². The molecule has 2 heterocycles. The number of hydrogen-bond acceptors (Lipinski definition) is 4. The van der Waals surface area contributed by atoms with Crippen LogP contribution >= 0.6 is 22.9 Å². The monoisotopic (exact) mass is 284 g/mol. The zero-order valence-corrected chi connectivity index (χ0v) is 12.1. The van der Waals surface area contributed by atoms with E-state index in [4.69, 9.17) is 17.3 Å². The van der Waals surface area contributed by atoms with Gasteiger partial charge in [0.05, 0.1) is 22.3 Å². The van der Waals surface area contributed by atoms with Crippen molar-refractivity contribution in [3.05, 3.63) is 27.0 Å². The quantitative estimate of drug-likeness (QED) is 0.886. The lowest BCUT2D eigenvalue weighted by Gasteiger charge is -2.06. The Balaban J connectivity index is 2.09. The van der Waals surface area contributed by atoms with E-state index in [9.17, 15) is 0 Å². The van der Waals surface area contributed by atoms with Gasteiger partial charge in [0.15, 0.2) is 0 Å². The Kier molecular flexibility index (Phi) is 4.14. The zero-order valence-electron chi connectivity index (χ0n) is 10.5. The summed E-state index contributed by atoms with van der Waals surface area (Å²) in [7, 11) is 1.90. The van der Waals surface area contributed by atoms with Crippen LogP contribution in [0.5, 0.6) is 0 Å². The molecule has 2 aromatic rings. The standard InChI is InChI=1S/C12H17ClN4S/c1-3-4-9-11(14)12(17(2)16-9)15-7-8-5-6-10(13)18-8/h5-6,15H,3-4,7,14H2,1-2H3. The summed E-state index contributed by atoms with van der Waals surface area (Å²) >= 11 is 7.47. The van der Waals surface area contributed by atoms with E-state index < -0.39 is 0 Å². The van der Waals surface area contributed by atoms with Crippen LogP contribution in [0.2, 0.25) is 4.34 Å². The van der Waals surface area contributed by atoms with Crippen LogP contribution in [-0.2, 0) is 20.0 Å². The van der Waals surface area contributed by atoms with Gasteiger partial charge in [-0.2, -0.15) is 5.10 Å². The number of aromatic nitrogens is 2. The fourth-order valence-electron chi connectivity index (χ4n) is 1.84. The summed E-state index contributed by atoms with van der Waals surface area (Å²) in [5.74, 6) is 0.878. The van der Waals surface area contributed by atoms with Gasteiger partial charge < -0.3 is 11.1 Å². The van der Waals surface area contributed by atoms with Crippen molar-refractivity contribution in [2.45, 2.75) is 26.3 Å². The molecule has 98 valence electrons. The summed E-state index contributed by atoms with van der Waals surface area (Å²) in [6.45, 7) is 2.83. The molecular weight excluding hydrogens is 268 g/mol. The van der Waals surface area contributed by atoms with Gasteiger partial charge in [0.1, 0.15) is 5.82 Å². The molecule has 0 fully saturated rings. The van der Waals surface area contributed by atoms with Crippen molar-refractivity contribution in [2.24, 2.45) is 7.05 Å². The molecule has 0 saturated heterocycles. The van der Waals surface area contributed by atoms with Gasteiger partial charge in [0.25, 0.3) is 0 Å². The van der Waals surface area contributed by atoms with Crippen molar-refractivity contribution in [2.75, 3.05) is 11.1 Å². The van der Waals surface area contributed by atoms with Crippen LogP contribution in [0.4, 0.5) is 11.5 Å². The minimum atomic E-state index is 0.715. The summed E-state index contributed by atoms with van der Waals surface area (Å²) in [5.41, 5.74) is 7.81. The maximum atomic E-state index is 6.09. The summed E-state index contributed by atoms with van der Waals surface area (Å²) in [5, 5.41) is 7.74. The molecule has 2 aromatic heterocycles. The second kappa shape index (κ2) is 5.63. The number of aryl methyl sites for hydroxylation is 2. The first kappa shape index (κ1) is 13.2. The number of nitrogen functional groups attached to an aromatic ring is 1. The first-order chi connectivity index (χ1) is 8.61. The van der Waals surface area contributed by atoms with Crippen molar-refractivity contribution in [1.29, 1.82) is 0 Å².